The van der Waals surface area contributed by atoms with Crippen LogP contribution in [0.2, 0.25) is 0 Å². The molecule has 138 valence electrons. The molecule has 2 aromatic rings. The third kappa shape index (κ3) is 4.00. The van der Waals surface area contributed by atoms with E-state index in [9.17, 15) is 13.2 Å². The molecule has 26 heavy (non-hydrogen) atoms. The Balaban J connectivity index is 1.75. The molecular formula is C17H16BrNO6S. The third-order valence-electron chi connectivity index (χ3n) is 3.72. The fourth-order valence-corrected chi connectivity index (χ4v) is 3.56. The number of ether oxygens (including phenoxy) is 3. The number of sulfonamides is 1. The fourth-order valence-electron chi connectivity index (χ4n) is 2.35. The summed E-state index contributed by atoms with van der Waals surface area (Å²) in [6.45, 7) is 0.944. The van der Waals surface area contributed by atoms with Gasteiger partial charge in [-0.1, -0.05) is 22.0 Å². The van der Waals surface area contributed by atoms with Crippen molar-refractivity contribution in [3.63, 3.8) is 0 Å². The lowest BCUT2D eigenvalue weighted by molar-refractivity contribution is 0.0471. The van der Waals surface area contributed by atoms with Crippen molar-refractivity contribution in [2.75, 3.05) is 20.3 Å². The minimum Gasteiger partial charge on any atom is -0.486 e. The first-order valence-corrected chi connectivity index (χ1v) is 9.97. The van der Waals surface area contributed by atoms with E-state index in [1.165, 1.54) is 31.3 Å². The van der Waals surface area contributed by atoms with Crippen molar-refractivity contribution in [2.24, 2.45) is 0 Å². The van der Waals surface area contributed by atoms with Gasteiger partial charge in [0.1, 0.15) is 19.8 Å². The van der Waals surface area contributed by atoms with Gasteiger partial charge in [-0.3, -0.25) is 0 Å². The normalized spacial score (nSPS) is 13.3. The van der Waals surface area contributed by atoms with Crippen molar-refractivity contribution < 1.29 is 27.4 Å². The van der Waals surface area contributed by atoms with Gasteiger partial charge >= 0.3 is 5.97 Å². The van der Waals surface area contributed by atoms with Crippen LogP contribution >= 0.6 is 15.9 Å². The maximum absolute atomic E-state index is 12.3. The molecule has 0 bridgehead atoms. The van der Waals surface area contributed by atoms with Gasteiger partial charge in [-0.05, 0) is 37.4 Å². The molecule has 7 nitrogen and oxygen atoms in total. The van der Waals surface area contributed by atoms with Crippen molar-refractivity contribution in [3.8, 4) is 11.5 Å². The van der Waals surface area contributed by atoms with Crippen LogP contribution in [-0.4, -0.2) is 34.6 Å². The van der Waals surface area contributed by atoms with Gasteiger partial charge in [0.2, 0.25) is 10.0 Å². The number of benzene rings is 2. The maximum atomic E-state index is 12.3. The molecule has 3 rings (SSSR count). The van der Waals surface area contributed by atoms with Crippen molar-refractivity contribution in [1.82, 2.24) is 4.72 Å². The Labute approximate surface area is 159 Å². The van der Waals surface area contributed by atoms with Gasteiger partial charge in [-0.15, -0.1) is 0 Å². The molecule has 2 aromatic carbocycles. The highest BCUT2D eigenvalue weighted by Gasteiger charge is 2.18. The van der Waals surface area contributed by atoms with E-state index < -0.39 is 16.0 Å². The van der Waals surface area contributed by atoms with Crippen LogP contribution in [0, 0.1) is 0 Å². The summed E-state index contributed by atoms with van der Waals surface area (Å²) in [6.07, 6.45) is 0. The van der Waals surface area contributed by atoms with Gasteiger partial charge in [-0.2, -0.15) is 0 Å². The molecular weight excluding hydrogens is 426 g/mol. The van der Waals surface area contributed by atoms with E-state index in [1.807, 2.05) is 0 Å². The number of rotatable bonds is 5. The second kappa shape index (κ2) is 7.65. The van der Waals surface area contributed by atoms with Crippen LogP contribution in [0.3, 0.4) is 0 Å². The number of nitrogens with one attached hydrogen (secondary N) is 1. The molecule has 0 unspecified atom stereocenters. The summed E-state index contributed by atoms with van der Waals surface area (Å²) in [6, 6.07) is 9.16. The van der Waals surface area contributed by atoms with Crippen LogP contribution in [0.4, 0.5) is 0 Å². The number of hydrogen-bond donors (Lipinski definition) is 1. The Hall–Kier alpha value is -2.10. The van der Waals surface area contributed by atoms with Crippen LogP contribution in [0.1, 0.15) is 15.9 Å². The average Bonchev–Trinajstić information content (AvgIpc) is 2.66. The predicted octanol–water partition coefficient (Wildman–Crippen LogP) is 2.49. The summed E-state index contributed by atoms with van der Waals surface area (Å²) >= 11 is 3.41. The molecule has 1 aliphatic heterocycles. The first-order chi connectivity index (χ1) is 12.4. The molecule has 0 saturated carbocycles. The summed E-state index contributed by atoms with van der Waals surface area (Å²) in [5.74, 6) is 0.593. The van der Waals surface area contributed by atoms with Gasteiger partial charge in [0.15, 0.2) is 11.5 Å². The molecule has 0 atom stereocenters. The standard InChI is InChI=1S/C17H16BrNO6S/c1-19-26(21,22)13-4-2-3-11(7-13)17(20)25-10-12-8-15-16(9-14(12)18)24-6-5-23-15/h2-4,7-9,19H,5-6,10H2,1H3. The summed E-state index contributed by atoms with van der Waals surface area (Å²) in [5.41, 5.74) is 0.858. The van der Waals surface area contributed by atoms with E-state index in [1.54, 1.807) is 12.1 Å². The summed E-state index contributed by atoms with van der Waals surface area (Å²) < 4.78 is 42.9. The minimum atomic E-state index is -3.63. The second-order valence-electron chi connectivity index (χ2n) is 5.40. The molecule has 0 fully saturated rings. The highest BCUT2D eigenvalue weighted by molar-refractivity contribution is 9.10. The van der Waals surface area contributed by atoms with Gasteiger partial charge in [0.05, 0.1) is 10.5 Å². The quantitative estimate of drug-likeness (QED) is 0.716. The van der Waals surface area contributed by atoms with E-state index in [0.29, 0.717) is 30.3 Å². The largest absolute Gasteiger partial charge is 0.486 e. The Morgan fingerprint density at radius 1 is 1.19 bits per heavy atom. The lowest BCUT2D eigenvalue weighted by atomic mass is 10.2. The van der Waals surface area contributed by atoms with Crippen LogP contribution in [0.25, 0.3) is 0 Å². The number of hydrogen-bond acceptors (Lipinski definition) is 6. The molecule has 0 aromatic heterocycles. The van der Waals surface area contributed by atoms with Crippen molar-refractivity contribution in [2.45, 2.75) is 11.5 Å². The van der Waals surface area contributed by atoms with E-state index in [-0.39, 0.29) is 17.1 Å². The van der Waals surface area contributed by atoms with Gasteiger partial charge < -0.3 is 14.2 Å². The SMILES string of the molecule is CNS(=O)(=O)c1cccc(C(=O)OCc2cc3c(cc2Br)OCCO3)c1. The zero-order chi connectivity index (χ0) is 18.7. The van der Waals surface area contributed by atoms with Crippen LogP contribution in [0.15, 0.2) is 45.8 Å². The topological polar surface area (TPSA) is 90.9 Å². The highest BCUT2D eigenvalue weighted by atomic mass is 79.9. The number of carbonyl (C=O) groups excluding carboxylic acids is 1. The third-order valence-corrected chi connectivity index (χ3v) is 5.87. The van der Waals surface area contributed by atoms with E-state index in [4.69, 9.17) is 14.2 Å². The molecule has 1 aliphatic rings. The molecule has 1 heterocycles. The molecule has 0 amide bonds. The first-order valence-electron chi connectivity index (χ1n) is 7.69. The summed E-state index contributed by atoms with van der Waals surface area (Å²) in [5, 5.41) is 0. The summed E-state index contributed by atoms with van der Waals surface area (Å²) in [7, 11) is -2.33. The molecule has 0 radical (unpaired) electrons. The average molecular weight is 442 g/mol. The van der Waals surface area contributed by atoms with Crippen molar-refractivity contribution in [1.29, 1.82) is 0 Å². The highest BCUT2D eigenvalue weighted by Crippen LogP contribution is 2.35. The first kappa shape index (κ1) is 18.7. The minimum absolute atomic E-state index is 0.000930. The zero-order valence-electron chi connectivity index (χ0n) is 13.8. The Kier molecular flexibility index (Phi) is 5.49. The van der Waals surface area contributed by atoms with Crippen LogP contribution in [0.5, 0.6) is 11.5 Å². The van der Waals surface area contributed by atoms with Crippen molar-refractivity contribution >= 4 is 31.9 Å². The van der Waals surface area contributed by atoms with Gasteiger partial charge in [0, 0.05) is 10.0 Å². The molecule has 0 spiro atoms. The lowest BCUT2D eigenvalue weighted by Crippen LogP contribution is -2.19. The Morgan fingerprint density at radius 2 is 1.88 bits per heavy atom. The second-order valence-corrected chi connectivity index (χ2v) is 8.14. The van der Waals surface area contributed by atoms with E-state index >= 15 is 0 Å². The number of esters is 1. The van der Waals surface area contributed by atoms with Crippen molar-refractivity contribution in [3.05, 3.63) is 52.0 Å². The zero-order valence-corrected chi connectivity index (χ0v) is 16.2. The van der Waals surface area contributed by atoms with Gasteiger partial charge in [-0.25, -0.2) is 17.9 Å². The Morgan fingerprint density at radius 3 is 2.58 bits per heavy atom. The Bertz CT molecular complexity index is 944. The van der Waals surface area contributed by atoms with E-state index in [2.05, 4.69) is 20.7 Å². The van der Waals surface area contributed by atoms with E-state index in [0.717, 1.165) is 4.47 Å². The van der Waals surface area contributed by atoms with Crippen LogP contribution in [-0.2, 0) is 21.4 Å². The number of fused-ring (bicyclic) bond motifs is 1. The smallest absolute Gasteiger partial charge is 0.338 e. The monoisotopic (exact) mass is 441 g/mol. The maximum Gasteiger partial charge on any atom is 0.338 e. The fraction of sp³-hybridized carbons (Fsp3) is 0.235. The van der Waals surface area contributed by atoms with Gasteiger partial charge in [0.25, 0.3) is 0 Å². The van der Waals surface area contributed by atoms with Crippen LogP contribution < -0.4 is 14.2 Å². The number of carbonyl (C=O) groups is 1. The molecule has 1 N–H and O–H groups in total. The molecule has 0 aliphatic carbocycles. The lowest BCUT2D eigenvalue weighted by Gasteiger charge is -2.19. The number of halogens is 1. The molecule has 9 heteroatoms. The molecule has 0 saturated heterocycles. The predicted molar refractivity (Wildman–Crippen MR) is 96.9 cm³/mol. The summed E-state index contributed by atoms with van der Waals surface area (Å²) in [4.78, 5) is 12.3.